The SMILES string of the molecule is CC(NC(=O)C1(c2ccccc2)CCC(N(C)C)CC1)c1cc(C(F)(F)F)cc(C(F)(F)F)c1. The molecule has 1 aliphatic carbocycles. The first-order valence-corrected chi connectivity index (χ1v) is 11.1. The van der Waals surface area contributed by atoms with Gasteiger partial charge in [0.1, 0.15) is 0 Å². The number of nitrogens with zero attached hydrogens (tertiary/aromatic N) is 1. The molecule has 34 heavy (non-hydrogen) atoms. The highest BCUT2D eigenvalue weighted by Crippen LogP contribution is 2.42. The van der Waals surface area contributed by atoms with E-state index in [9.17, 15) is 31.1 Å². The van der Waals surface area contributed by atoms with Crippen molar-refractivity contribution >= 4 is 5.91 Å². The lowest BCUT2D eigenvalue weighted by Crippen LogP contribution is -2.49. The molecule has 186 valence electrons. The van der Waals surface area contributed by atoms with Crippen LogP contribution < -0.4 is 5.32 Å². The minimum Gasteiger partial charge on any atom is -0.349 e. The van der Waals surface area contributed by atoms with E-state index in [1.807, 2.05) is 44.4 Å². The Hall–Kier alpha value is -2.55. The van der Waals surface area contributed by atoms with E-state index < -0.39 is 40.8 Å². The van der Waals surface area contributed by atoms with Gasteiger partial charge < -0.3 is 10.2 Å². The Morgan fingerprint density at radius 3 is 1.88 bits per heavy atom. The van der Waals surface area contributed by atoms with Crippen LogP contribution in [0.25, 0.3) is 0 Å². The number of nitrogens with one attached hydrogen (secondary N) is 1. The maximum atomic E-state index is 13.6. The summed E-state index contributed by atoms with van der Waals surface area (Å²) >= 11 is 0. The summed E-state index contributed by atoms with van der Waals surface area (Å²) in [6.07, 6.45) is -7.37. The second-order valence-electron chi connectivity index (χ2n) is 9.18. The van der Waals surface area contributed by atoms with Crippen molar-refractivity contribution in [3.8, 4) is 0 Å². The Labute approximate surface area is 195 Å². The van der Waals surface area contributed by atoms with Gasteiger partial charge >= 0.3 is 12.4 Å². The molecule has 9 heteroatoms. The monoisotopic (exact) mass is 486 g/mol. The number of rotatable bonds is 5. The Kier molecular flexibility index (Phi) is 7.36. The standard InChI is InChI=1S/C25H28F6N2O/c1-16(17-13-19(24(26,27)28)15-20(14-17)25(29,30)31)32-22(34)23(18-7-5-4-6-8-18)11-9-21(10-12-23)33(2)3/h4-8,13-16,21H,9-12H2,1-3H3,(H,32,34). The number of hydrogen-bond acceptors (Lipinski definition) is 2. The summed E-state index contributed by atoms with van der Waals surface area (Å²) in [5.74, 6) is -0.394. The van der Waals surface area contributed by atoms with Crippen LogP contribution in [0.2, 0.25) is 0 Å². The molecular formula is C25H28F6N2O. The van der Waals surface area contributed by atoms with Crippen LogP contribution in [0, 0.1) is 0 Å². The van der Waals surface area contributed by atoms with Crippen molar-refractivity contribution in [1.82, 2.24) is 10.2 Å². The van der Waals surface area contributed by atoms with E-state index in [0.717, 1.165) is 18.4 Å². The van der Waals surface area contributed by atoms with Crippen LogP contribution in [0.15, 0.2) is 48.5 Å². The molecule has 1 atom stereocenters. The van der Waals surface area contributed by atoms with E-state index in [1.165, 1.54) is 6.92 Å². The highest BCUT2D eigenvalue weighted by Gasteiger charge is 2.44. The second-order valence-corrected chi connectivity index (χ2v) is 9.18. The first-order valence-electron chi connectivity index (χ1n) is 11.1. The van der Waals surface area contributed by atoms with Gasteiger partial charge in [-0.3, -0.25) is 4.79 Å². The highest BCUT2D eigenvalue weighted by molar-refractivity contribution is 5.88. The fourth-order valence-corrected chi connectivity index (χ4v) is 4.66. The van der Waals surface area contributed by atoms with Crippen LogP contribution in [-0.2, 0) is 22.6 Å². The Balaban J connectivity index is 1.93. The molecule has 0 spiro atoms. The van der Waals surface area contributed by atoms with Crippen molar-refractivity contribution in [2.24, 2.45) is 0 Å². The van der Waals surface area contributed by atoms with Crippen molar-refractivity contribution in [2.45, 2.75) is 62.5 Å². The van der Waals surface area contributed by atoms with Gasteiger partial charge in [0, 0.05) is 6.04 Å². The van der Waals surface area contributed by atoms with Gasteiger partial charge in [-0.2, -0.15) is 26.3 Å². The number of carbonyl (C=O) groups excluding carboxylic acids is 1. The fraction of sp³-hybridized carbons (Fsp3) is 0.480. The third-order valence-corrected chi connectivity index (χ3v) is 6.76. The average molecular weight is 487 g/mol. The quantitative estimate of drug-likeness (QED) is 0.500. The highest BCUT2D eigenvalue weighted by atomic mass is 19.4. The molecule has 0 aliphatic heterocycles. The van der Waals surface area contributed by atoms with Crippen molar-refractivity contribution in [3.63, 3.8) is 0 Å². The molecule has 0 saturated heterocycles. The minimum atomic E-state index is -4.95. The molecule has 0 bridgehead atoms. The molecule has 3 nitrogen and oxygen atoms in total. The van der Waals surface area contributed by atoms with Crippen LogP contribution in [-0.4, -0.2) is 30.9 Å². The predicted octanol–water partition coefficient (Wildman–Crippen LogP) is 6.34. The Morgan fingerprint density at radius 1 is 0.941 bits per heavy atom. The molecule has 3 rings (SSSR count). The molecular weight excluding hydrogens is 458 g/mol. The largest absolute Gasteiger partial charge is 0.416 e. The van der Waals surface area contributed by atoms with Crippen molar-refractivity contribution < 1.29 is 31.1 Å². The Bertz CT molecular complexity index is 960. The summed E-state index contributed by atoms with van der Waals surface area (Å²) in [4.78, 5) is 15.7. The van der Waals surface area contributed by atoms with Crippen LogP contribution in [0.1, 0.15) is 60.9 Å². The lowest BCUT2D eigenvalue weighted by atomic mass is 9.67. The summed E-state index contributed by atoms with van der Waals surface area (Å²) in [6, 6.07) is 9.79. The molecule has 1 amide bonds. The lowest BCUT2D eigenvalue weighted by Gasteiger charge is -2.41. The number of halogens is 6. The zero-order valence-corrected chi connectivity index (χ0v) is 19.2. The van der Waals surface area contributed by atoms with Gasteiger partial charge in [-0.25, -0.2) is 0 Å². The van der Waals surface area contributed by atoms with Gasteiger partial charge in [-0.15, -0.1) is 0 Å². The molecule has 2 aromatic carbocycles. The van der Waals surface area contributed by atoms with Crippen molar-refractivity contribution in [2.75, 3.05) is 14.1 Å². The summed E-state index contributed by atoms with van der Waals surface area (Å²) in [7, 11) is 3.93. The van der Waals surface area contributed by atoms with Crippen molar-refractivity contribution in [1.29, 1.82) is 0 Å². The predicted molar refractivity (Wildman–Crippen MR) is 117 cm³/mol. The molecule has 0 radical (unpaired) electrons. The summed E-state index contributed by atoms with van der Waals surface area (Å²) in [6.45, 7) is 1.40. The van der Waals surface area contributed by atoms with E-state index in [-0.39, 0.29) is 11.6 Å². The smallest absolute Gasteiger partial charge is 0.349 e. The average Bonchev–Trinajstić information content (AvgIpc) is 2.78. The molecule has 2 aromatic rings. The molecule has 0 aromatic heterocycles. The topological polar surface area (TPSA) is 32.3 Å². The molecule has 1 aliphatic rings. The van der Waals surface area contributed by atoms with Crippen molar-refractivity contribution in [3.05, 3.63) is 70.8 Å². The molecule has 1 saturated carbocycles. The summed E-state index contributed by atoms with van der Waals surface area (Å²) in [5.41, 5.74) is -3.17. The van der Waals surface area contributed by atoms with E-state index >= 15 is 0 Å². The lowest BCUT2D eigenvalue weighted by molar-refractivity contribution is -0.143. The molecule has 1 N–H and O–H groups in total. The maximum absolute atomic E-state index is 13.6. The second kappa shape index (κ2) is 9.60. The zero-order valence-electron chi connectivity index (χ0n) is 19.2. The number of hydrogen-bond donors (Lipinski definition) is 1. The van der Waals surface area contributed by atoms with Gasteiger partial charge in [0.05, 0.1) is 22.6 Å². The first-order chi connectivity index (χ1) is 15.7. The van der Waals surface area contributed by atoms with Crippen LogP contribution >= 0.6 is 0 Å². The molecule has 1 fully saturated rings. The molecule has 1 unspecified atom stereocenters. The van der Waals surface area contributed by atoms with Crippen LogP contribution in [0.3, 0.4) is 0 Å². The number of benzene rings is 2. The normalized spacial score (nSPS) is 22.5. The maximum Gasteiger partial charge on any atom is 0.416 e. The first kappa shape index (κ1) is 26.1. The number of amides is 1. The number of carbonyl (C=O) groups is 1. The van der Waals surface area contributed by atoms with E-state index in [0.29, 0.717) is 31.0 Å². The Morgan fingerprint density at radius 2 is 1.44 bits per heavy atom. The van der Waals surface area contributed by atoms with Crippen LogP contribution in [0.4, 0.5) is 26.3 Å². The van der Waals surface area contributed by atoms with E-state index in [2.05, 4.69) is 10.2 Å². The minimum absolute atomic E-state index is 0.0893. The zero-order chi connectivity index (χ0) is 25.3. The van der Waals surface area contributed by atoms with Gasteiger partial charge in [-0.05, 0) is 76.0 Å². The van der Waals surface area contributed by atoms with Gasteiger partial charge in [-0.1, -0.05) is 30.3 Å². The fourth-order valence-electron chi connectivity index (χ4n) is 4.66. The summed E-state index contributed by atoms with van der Waals surface area (Å²) < 4.78 is 79.7. The summed E-state index contributed by atoms with van der Waals surface area (Å²) in [5, 5.41) is 2.72. The van der Waals surface area contributed by atoms with Gasteiger partial charge in [0.2, 0.25) is 5.91 Å². The third kappa shape index (κ3) is 5.56. The third-order valence-electron chi connectivity index (χ3n) is 6.76. The van der Waals surface area contributed by atoms with E-state index in [4.69, 9.17) is 0 Å². The van der Waals surface area contributed by atoms with Gasteiger partial charge in [0.25, 0.3) is 0 Å². The van der Waals surface area contributed by atoms with Crippen LogP contribution in [0.5, 0.6) is 0 Å². The molecule has 0 heterocycles. The van der Waals surface area contributed by atoms with Gasteiger partial charge in [0.15, 0.2) is 0 Å². The van der Waals surface area contributed by atoms with E-state index in [1.54, 1.807) is 0 Å². The number of alkyl halides is 6.